The third-order valence-corrected chi connectivity index (χ3v) is 3.74. The van der Waals surface area contributed by atoms with E-state index in [1.165, 1.54) is 12.1 Å². The van der Waals surface area contributed by atoms with Crippen LogP contribution in [0, 0.1) is 0 Å². The van der Waals surface area contributed by atoms with Gasteiger partial charge in [0, 0.05) is 12.1 Å². The Labute approximate surface area is 133 Å². The molecule has 0 amide bonds. The second kappa shape index (κ2) is 7.15. The van der Waals surface area contributed by atoms with Crippen LogP contribution in [0.25, 0.3) is 0 Å². The molecule has 3 nitrogen and oxygen atoms in total. The van der Waals surface area contributed by atoms with Crippen molar-refractivity contribution in [1.82, 2.24) is 0 Å². The molecule has 0 aliphatic heterocycles. The van der Waals surface area contributed by atoms with Crippen molar-refractivity contribution >= 4 is 24.8 Å². The molecule has 0 saturated heterocycles. The summed E-state index contributed by atoms with van der Waals surface area (Å²) in [5.41, 5.74) is 9.74. The molecule has 122 valence electrons. The van der Waals surface area contributed by atoms with Crippen LogP contribution in [0.15, 0.2) is 24.3 Å². The first-order chi connectivity index (χ1) is 8.72. The average molecular weight is 347 g/mol. The van der Waals surface area contributed by atoms with Gasteiger partial charge >= 0.3 is 6.18 Å². The normalized spacial score (nSPS) is 29.2. The smallest absolute Gasteiger partial charge is 0.385 e. The number of aliphatic hydroxyl groups is 1. The molecule has 21 heavy (non-hydrogen) atoms. The Bertz CT molecular complexity index is 473. The third kappa shape index (κ3) is 4.47. The minimum absolute atomic E-state index is 0. The highest BCUT2D eigenvalue weighted by molar-refractivity contribution is 5.85. The predicted octanol–water partition coefficient (Wildman–Crippen LogP) is 2.58. The van der Waals surface area contributed by atoms with Gasteiger partial charge in [-0.3, -0.25) is 0 Å². The fourth-order valence-corrected chi connectivity index (χ4v) is 2.51. The zero-order valence-electron chi connectivity index (χ0n) is 11.1. The molecule has 0 heterocycles. The molecule has 0 aromatic heterocycles. The van der Waals surface area contributed by atoms with E-state index in [4.69, 9.17) is 11.5 Å². The Morgan fingerprint density at radius 3 is 2.29 bits per heavy atom. The fraction of sp³-hybridized carbons (Fsp3) is 0.538. The van der Waals surface area contributed by atoms with Gasteiger partial charge in [-0.25, -0.2) is 0 Å². The highest BCUT2D eigenvalue weighted by atomic mass is 35.5. The van der Waals surface area contributed by atoms with Gasteiger partial charge in [0.25, 0.3) is 0 Å². The van der Waals surface area contributed by atoms with Gasteiger partial charge in [-0.1, -0.05) is 12.1 Å². The van der Waals surface area contributed by atoms with Gasteiger partial charge in [0.1, 0.15) is 0 Å². The van der Waals surface area contributed by atoms with E-state index in [2.05, 4.69) is 0 Å². The molecule has 1 fully saturated rings. The summed E-state index contributed by atoms with van der Waals surface area (Å²) in [6.45, 7) is 0. The summed E-state index contributed by atoms with van der Waals surface area (Å²) in [7, 11) is 0. The van der Waals surface area contributed by atoms with Crippen LogP contribution in [0.4, 0.5) is 13.2 Å². The topological polar surface area (TPSA) is 72.3 Å². The summed E-state index contributed by atoms with van der Waals surface area (Å²) >= 11 is 0. The zero-order valence-corrected chi connectivity index (χ0v) is 12.8. The Morgan fingerprint density at radius 1 is 1.14 bits per heavy atom. The Balaban J connectivity index is 0.00000200. The van der Waals surface area contributed by atoms with E-state index in [9.17, 15) is 18.3 Å². The van der Waals surface area contributed by atoms with Gasteiger partial charge in [-0.15, -0.1) is 24.8 Å². The van der Waals surface area contributed by atoms with Crippen molar-refractivity contribution < 1.29 is 18.3 Å². The molecule has 1 saturated carbocycles. The molecule has 0 bridgehead atoms. The monoisotopic (exact) mass is 346 g/mol. The first-order valence-electron chi connectivity index (χ1n) is 6.14. The van der Waals surface area contributed by atoms with Crippen molar-refractivity contribution in [2.75, 3.05) is 0 Å². The first kappa shape index (κ1) is 20.5. The van der Waals surface area contributed by atoms with Crippen molar-refractivity contribution in [3.8, 4) is 0 Å². The van der Waals surface area contributed by atoms with Crippen LogP contribution in [0.5, 0.6) is 0 Å². The lowest BCUT2D eigenvalue weighted by Crippen LogP contribution is -2.51. The lowest BCUT2D eigenvalue weighted by Gasteiger charge is -2.39. The molecular formula is C13H19Cl2F3N2O. The summed E-state index contributed by atoms with van der Waals surface area (Å²) in [4.78, 5) is 0. The molecule has 0 radical (unpaired) electrons. The van der Waals surface area contributed by atoms with Crippen LogP contribution in [0.2, 0.25) is 0 Å². The SMILES string of the molecule is Cl.Cl.N[C@H]1CC[C@](O)(c2cccc(C(F)(F)F)c2)C[C@@H]1N. The first-order valence-corrected chi connectivity index (χ1v) is 6.14. The zero-order chi connectivity index (χ0) is 14.3. The van der Waals surface area contributed by atoms with E-state index in [1.54, 1.807) is 0 Å². The number of benzene rings is 1. The van der Waals surface area contributed by atoms with E-state index in [1.807, 2.05) is 0 Å². The second-order valence-corrected chi connectivity index (χ2v) is 5.18. The minimum atomic E-state index is -4.42. The van der Waals surface area contributed by atoms with Gasteiger partial charge in [-0.05, 0) is 37.0 Å². The van der Waals surface area contributed by atoms with Crippen LogP contribution >= 0.6 is 24.8 Å². The van der Waals surface area contributed by atoms with Gasteiger partial charge in [0.15, 0.2) is 0 Å². The largest absolute Gasteiger partial charge is 0.416 e. The number of rotatable bonds is 1. The van der Waals surface area contributed by atoms with Crippen LogP contribution in [0.3, 0.4) is 0 Å². The molecule has 2 rings (SSSR count). The highest BCUT2D eigenvalue weighted by Gasteiger charge is 2.39. The third-order valence-electron chi connectivity index (χ3n) is 3.74. The van der Waals surface area contributed by atoms with Crippen LogP contribution in [-0.2, 0) is 11.8 Å². The van der Waals surface area contributed by atoms with E-state index >= 15 is 0 Å². The van der Waals surface area contributed by atoms with E-state index < -0.39 is 23.4 Å². The summed E-state index contributed by atoms with van der Waals surface area (Å²) in [6.07, 6.45) is -3.42. The summed E-state index contributed by atoms with van der Waals surface area (Å²) in [6, 6.07) is 4.15. The van der Waals surface area contributed by atoms with E-state index in [-0.39, 0.29) is 42.8 Å². The van der Waals surface area contributed by atoms with Gasteiger partial charge < -0.3 is 16.6 Å². The molecule has 1 aromatic carbocycles. The van der Waals surface area contributed by atoms with Crippen LogP contribution in [-0.4, -0.2) is 17.2 Å². The van der Waals surface area contributed by atoms with Crippen molar-refractivity contribution in [3.63, 3.8) is 0 Å². The number of hydrogen-bond acceptors (Lipinski definition) is 3. The quantitative estimate of drug-likeness (QED) is 0.731. The van der Waals surface area contributed by atoms with Crippen LogP contribution in [0.1, 0.15) is 30.4 Å². The van der Waals surface area contributed by atoms with Gasteiger partial charge in [0.05, 0.1) is 11.2 Å². The maximum absolute atomic E-state index is 12.7. The fourth-order valence-electron chi connectivity index (χ4n) is 2.51. The second-order valence-electron chi connectivity index (χ2n) is 5.18. The summed E-state index contributed by atoms with van der Waals surface area (Å²) in [5, 5.41) is 10.5. The minimum Gasteiger partial charge on any atom is -0.385 e. The predicted molar refractivity (Wildman–Crippen MR) is 79.6 cm³/mol. The Morgan fingerprint density at radius 2 is 1.76 bits per heavy atom. The average Bonchev–Trinajstić information content (AvgIpc) is 2.34. The molecule has 0 unspecified atom stereocenters. The van der Waals surface area contributed by atoms with Crippen molar-refractivity contribution in [3.05, 3.63) is 35.4 Å². The molecule has 3 atom stereocenters. The molecular weight excluding hydrogens is 328 g/mol. The maximum atomic E-state index is 12.7. The number of nitrogens with two attached hydrogens (primary N) is 2. The highest BCUT2D eigenvalue weighted by Crippen LogP contribution is 2.38. The molecule has 1 aliphatic carbocycles. The Kier molecular flexibility index (Phi) is 6.97. The molecule has 1 aliphatic rings. The number of halogens is 5. The molecule has 5 N–H and O–H groups in total. The number of alkyl halides is 3. The van der Waals surface area contributed by atoms with Gasteiger partial charge in [0.2, 0.25) is 0 Å². The summed E-state index contributed by atoms with van der Waals surface area (Å²) in [5.74, 6) is 0. The molecule has 8 heteroatoms. The van der Waals surface area contributed by atoms with Gasteiger partial charge in [-0.2, -0.15) is 13.2 Å². The van der Waals surface area contributed by atoms with Crippen molar-refractivity contribution in [1.29, 1.82) is 0 Å². The lowest BCUT2D eigenvalue weighted by atomic mass is 9.75. The lowest BCUT2D eigenvalue weighted by molar-refractivity contribution is -0.137. The van der Waals surface area contributed by atoms with Crippen LogP contribution < -0.4 is 11.5 Å². The molecule has 1 aromatic rings. The molecule has 0 spiro atoms. The Hall–Kier alpha value is -0.530. The maximum Gasteiger partial charge on any atom is 0.416 e. The van der Waals surface area contributed by atoms with E-state index in [0.717, 1.165) is 12.1 Å². The van der Waals surface area contributed by atoms with Crippen molar-refractivity contribution in [2.45, 2.75) is 43.1 Å². The van der Waals surface area contributed by atoms with Crippen molar-refractivity contribution in [2.24, 2.45) is 11.5 Å². The summed E-state index contributed by atoms with van der Waals surface area (Å²) < 4.78 is 38.0. The standard InChI is InChI=1S/C13H17F3N2O.2ClH/c14-13(15,16)9-3-1-2-8(6-9)12(19)5-4-10(17)11(18)7-12;;/h1-3,6,10-11,19H,4-5,7,17-18H2;2*1H/t10-,11-,12+;;/m0../s1. The van der Waals surface area contributed by atoms with E-state index in [0.29, 0.717) is 12.8 Å². The number of hydrogen-bond donors (Lipinski definition) is 3.